The molecule has 0 aliphatic carbocycles. The predicted molar refractivity (Wildman–Crippen MR) is 141 cm³/mol. The zero-order valence-electron chi connectivity index (χ0n) is 22.1. The second-order valence-electron chi connectivity index (χ2n) is 9.46. The van der Waals surface area contributed by atoms with Gasteiger partial charge in [-0.3, -0.25) is 9.59 Å². The Hall–Kier alpha value is -1.84. The van der Waals surface area contributed by atoms with Crippen molar-refractivity contribution in [2.24, 2.45) is 0 Å². The zero-order valence-corrected chi connectivity index (χ0v) is 22.1. The Labute approximate surface area is 209 Å². The summed E-state index contributed by atoms with van der Waals surface area (Å²) >= 11 is 0. The summed E-state index contributed by atoms with van der Waals surface area (Å²) in [6.07, 6.45) is 20.8. The van der Waals surface area contributed by atoms with Gasteiger partial charge in [-0.25, -0.2) is 0 Å². The molecule has 0 aliphatic rings. The van der Waals surface area contributed by atoms with Crippen LogP contribution >= 0.6 is 0 Å². The fourth-order valence-corrected chi connectivity index (χ4v) is 4.16. The van der Waals surface area contributed by atoms with E-state index in [2.05, 4.69) is 13.8 Å². The van der Waals surface area contributed by atoms with Gasteiger partial charge in [0, 0.05) is 12.8 Å². The highest BCUT2D eigenvalue weighted by molar-refractivity contribution is 5.72. The highest BCUT2D eigenvalue weighted by Gasteiger charge is 2.08. The maximum Gasteiger partial charge on any atom is 0.311 e. The number of benzene rings is 1. The van der Waals surface area contributed by atoms with Crippen LogP contribution in [0.3, 0.4) is 0 Å². The molecule has 0 bridgehead atoms. The first-order valence-electron chi connectivity index (χ1n) is 14.1. The van der Waals surface area contributed by atoms with E-state index >= 15 is 0 Å². The number of hydrogen-bond acceptors (Lipinski definition) is 4. The molecule has 4 heteroatoms. The van der Waals surface area contributed by atoms with E-state index in [9.17, 15) is 9.59 Å². The molecule has 0 fully saturated rings. The molecule has 0 spiro atoms. The molecule has 1 aromatic carbocycles. The number of rotatable bonds is 22. The van der Waals surface area contributed by atoms with Crippen LogP contribution in [0.2, 0.25) is 0 Å². The van der Waals surface area contributed by atoms with Gasteiger partial charge in [0.2, 0.25) is 0 Å². The quantitative estimate of drug-likeness (QED) is 0.0957. The van der Waals surface area contributed by atoms with E-state index in [0.29, 0.717) is 25.2 Å². The molecule has 0 aliphatic heterocycles. The van der Waals surface area contributed by atoms with E-state index in [1.807, 2.05) is 24.3 Å². The van der Waals surface area contributed by atoms with E-state index in [1.165, 1.54) is 57.8 Å². The normalized spacial score (nSPS) is 10.9. The molecule has 194 valence electrons. The fourth-order valence-electron chi connectivity index (χ4n) is 4.16. The minimum atomic E-state index is -0.147. The summed E-state index contributed by atoms with van der Waals surface area (Å²) in [5.41, 5.74) is 1.07. The summed E-state index contributed by atoms with van der Waals surface area (Å²) in [4.78, 5) is 23.9. The van der Waals surface area contributed by atoms with Crippen LogP contribution in [-0.2, 0) is 20.7 Å². The molecule has 0 heterocycles. The van der Waals surface area contributed by atoms with Crippen molar-refractivity contribution in [1.29, 1.82) is 0 Å². The standard InChI is InChI=1S/C30H50O4/c1-3-5-6-7-8-9-10-13-16-21-26-33-29(31)24-17-14-11-12-15-18-25-30(32)34-28-23-20-19-22-27(28)4-2/h19-20,22-23H,3-18,21,24-26H2,1-2H3. The molecule has 0 saturated heterocycles. The molecule has 1 rings (SSSR count). The lowest BCUT2D eigenvalue weighted by Crippen LogP contribution is -2.08. The largest absolute Gasteiger partial charge is 0.466 e. The van der Waals surface area contributed by atoms with Crippen LogP contribution in [0.15, 0.2) is 24.3 Å². The molecule has 0 amide bonds. The second kappa shape index (κ2) is 21.7. The first kappa shape index (κ1) is 30.2. The molecule has 0 aromatic heterocycles. The SMILES string of the molecule is CCCCCCCCCCCCOC(=O)CCCCCCCCC(=O)Oc1ccccc1CC. The molecule has 4 nitrogen and oxygen atoms in total. The minimum Gasteiger partial charge on any atom is -0.466 e. The summed E-state index contributed by atoms with van der Waals surface area (Å²) in [5, 5.41) is 0. The highest BCUT2D eigenvalue weighted by atomic mass is 16.5. The third-order valence-electron chi connectivity index (χ3n) is 6.35. The lowest BCUT2D eigenvalue weighted by Gasteiger charge is -2.08. The maximum atomic E-state index is 12.0. The van der Waals surface area contributed by atoms with Gasteiger partial charge in [-0.05, 0) is 37.3 Å². The smallest absolute Gasteiger partial charge is 0.311 e. The van der Waals surface area contributed by atoms with Crippen molar-refractivity contribution < 1.29 is 19.1 Å². The number of para-hydroxylation sites is 1. The van der Waals surface area contributed by atoms with Gasteiger partial charge in [0.1, 0.15) is 5.75 Å². The third kappa shape index (κ3) is 16.7. The Bertz CT molecular complexity index is 640. The number of carbonyl (C=O) groups is 2. The maximum absolute atomic E-state index is 12.0. The molecule has 34 heavy (non-hydrogen) atoms. The number of hydrogen-bond donors (Lipinski definition) is 0. The van der Waals surface area contributed by atoms with Crippen LogP contribution < -0.4 is 4.74 Å². The molecule has 0 saturated carbocycles. The second-order valence-corrected chi connectivity index (χ2v) is 9.46. The Kier molecular flexibility index (Phi) is 19.2. The minimum absolute atomic E-state index is 0.0500. The average molecular weight is 475 g/mol. The molecule has 1 aromatic rings. The lowest BCUT2D eigenvalue weighted by molar-refractivity contribution is -0.144. The number of aryl methyl sites for hydroxylation is 1. The van der Waals surface area contributed by atoms with E-state index < -0.39 is 0 Å². The summed E-state index contributed by atoms with van der Waals surface area (Å²) < 4.78 is 10.9. The van der Waals surface area contributed by atoms with Crippen LogP contribution in [0, 0.1) is 0 Å². The first-order valence-corrected chi connectivity index (χ1v) is 14.1. The van der Waals surface area contributed by atoms with Gasteiger partial charge < -0.3 is 9.47 Å². The fraction of sp³-hybridized carbons (Fsp3) is 0.733. The number of carbonyl (C=O) groups excluding carboxylic acids is 2. The molecular formula is C30H50O4. The Morgan fingerprint density at radius 3 is 1.71 bits per heavy atom. The Morgan fingerprint density at radius 1 is 0.618 bits per heavy atom. The Morgan fingerprint density at radius 2 is 1.12 bits per heavy atom. The zero-order chi connectivity index (χ0) is 24.7. The van der Waals surface area contributed by atoms with E-state index in [4.69, 9.17) is 9.47 Å². The summed E-state index contributed by atoms with van der Waals surface area (Å²) in [5.74, 6) is 0.493. The topological polar surface area (TPSA) is 52.6 Å². The molecular weight excluding hydrogens is 424 g/mol. The van der Waals surface area contributed by atoms with Crippen molar-refractivity contribution in [2.45, 2.75) is 136 Å². The van der Waals surface area contributed by atoms with Crippen molar-refractivity contribution in [3.05, 3.63) is 29.8 Å². The van der Waals surface area contributed by atoms with Gasteiger partial charge in [0.15, 0.2) is 0 Å². The van der Waals surface area contributed by atoms with Gasteiger partial charge in [-0.2, -0.15) is 0 Å². The van der Waals surface area contributed by atoms with Crippen LogP contribution in [-0.4, -0.2) is 18.5 Å². The summed E-state index contributed by atoms with van der Waals surface area (Å²) in [6.45, 7) is 4.89. The van der Waals surface area contributed by atoms with Crippen molar-refractivity contribution in [3.8, 4) is 5.75 Å². The highest BCUT2D eigenvalue weighted by Crippen LogP contribution is 2.19. The van der Waals surface area contributed by atoms with Gasteiger partial charge in [-0.15, -0.1) is 0 Å². The van der Waals surface area contributed by atoms with Crippen molar-refractivity contribution >= 4 is 11.9 Å². The van der Waals surface area contributed by atoms with Crippen molar-refractivity contribution in [2.75, 3.05) is 6.61 Å². The van der Waals surface area contributed by atoms with Crippen molar-refractivity contribution in [3.63, 3.8) is 0 Å². The van der Waals surface area contributed by atoms with E-state index in [-0.39, 0.29) is 11.9 Å². The average Bonchev–Trinajstić information content (AvgIpc) is 2.84. The monoisotopic (exact) mass is 474 g/mol. The summed E-state index contributed by atoms with van der Waals surface area (Å²) in [7, 11) is 0. The molecule has 0 atom stereocenters. The molecule has 0 radical (unpaired) electrons. The van der Waals surface area contributed by atoms with Gasteiger partial charge in [0.25, 0.3) is 0 Å². The van der Waals surface area contributed by atoms with Crippen LogP contribution in [0.4, 0.5) is 0 Å². The molecule has 0 unspecified atom stereocenters. The summed E-state index contributed by atoms with van der Waals surface area (Å²) in [6, 6.07) is 7.72. The number of unbranched alkanes of at least 4 members (excludes halogenated alkanes) is 14. The van der Waals surface area contributed by atoms with E-state index in [1.54, 1.807) is 0 Å². The Balaban J connectivity index is 1.86. The predicted octanol–water partition coefficient (Wildman–Crippen LogP) is 8.74. The lowest BCUT2D eigenvalue weighted by atomic mass is 10.1. The van der Waals surface area contributed by atoms with Gasteiger partial charge in [-0.1, -0.05) is 116 Å². The van der Waals surface area contributed by atoms with Crippen LogP contribution in [0.25, 0.3) is 0 Å². The molecule has 0 N–H and O–H groups in total. The van der Waals surface area contributed by atoms with Crippen LogP contribution in [0.5, 0.6) is 5.75 Å². The number of ether oxygens (including phenoxy) is 2. The van der Waals surface area contributed by atoms with Crippen LogP contribution in [0.1, 0.15) is 135 Å². The third-order valence-corrected chi connectivity index (χ3v) is 6.35. The van der Waals surface area contributed by atoms with Crippen molar-refractivity contribution in [1.82, 2.24) is 0 Å². The van der Waals surface area contributed by atoms with Gasteiger partial charge >= 0.3 is 11.9 Å². The first-order chi connectivity index (χ1) is 16.7. The van der Waals surface area contributed by atoms with Gasteiger partial charge in [0.05, 0.1) is 6.61 Å². The number of esters is 2. The van der Waals surface area contributed by atoms with E-state index in [0.717, 1.165) is 56.9 Å².